The molecule has 31 heavy (non-hydrogen) atoms. The SMILES string of the molecule is Cc1ccc(O)c(NC(=O)CSc2nc3scc(-c4ccc(Cl)c(C)c4)c3c(=O)[nH]2)c1. The number of thioether (sulfide) groups is 1. The Balaban J connectivity index is 1.53. The van der Waals surface area contributed by atoms with E-state index in [1.165, 1.54) is 17.4 Å². The quantitative estimate of drug-likeness (QED) is 0.207. The number of fused-ring (bicyclic) bond motifs is 1. The molecule has 0 saturated heterocycles. The highest BCUT2D eigenvalue weighted by atomic mass is 35.5. The maximum absolute atomic E-state index is 12.8. The summed E-state index contributed by atoms with van der Waals surface area (Å²) in [5, 5.41) is 16.0. The van der Waals surface area contributed by atoms with Crippen molar-refractivity contribution in [3.05, 3.63) is 68.3 Å². The zero-order chi connectivity index (χ0) is 22.1. The number of nitrogens with one attached hydrogen (secondary N) is 2. The Kier molecular flexibility index (Phi) is 6.04. The number of carbonyl (C=O) groups excluding carboxylic acids is 1. The number of aromatic nitrogens is 2. The first-order valence-electron chi connectivity index (χ1n) is 9.32. The highest BCUT2D eigenvalue weighted by Gasteiger charge is 2.15. The van der Waals surface area contributed by atoms with Crippen molar-refractivity contribution in [1.29, 1.82) is 0 Å². The number of benzene rings is 2. The summed E-state index contributed by atoms with van der Waals surface area (Å²) in [5.41, 5.74) is 3.65. The van der Waals surface area contributed by atoms with Crippen LogP contribution >= 0.6 is 34.7 Å². The summed E-state index contributed by atoms with van der Waals surface area (Å²) in [7, 11) is 0. The largest absolute Gasteiger partial charge is 0.506 e. The van der Waals surface area contributed by atoms with E-state index in [0.717, 1.165) is 34.0 Å². The number of hydrogen-bond acceptors (Lipinski definition) is 6. The number of nitrogens with zero attached hydrogens (tertiary/aromatic N) is 1. The molecule has 2 heterocycles. The average Bonchev–Trinajstić information content (AvgIpc) is 3.16. The zero-order valence-electron chi connectivity index (χ0n) is 16.7. The Morgan fingerprint density at radius 1 is 1.26 bits per heavy atom. The monoisotopic (exact) mass is 471 g/mol. The van der Waals surface area contributed by atoms with Crippen molar-refractivity contribution in [1.82, 2.24) is 9.97 Å². The minimum Gasteiger partial charge on any atom is -0.506 e. The maximum Gasteiger partial charge on any atom is 0.260 e. The lowest BCUT2D eigenvalue weighted by Gasteiger charge is -2.08. The molecule has 0 aliphatic heterocycles. The third kappa shape index (κ3) is 4.61. The molecule has 9 heteroatoms. The molecule has 0 fully saturated rings. The zero-order valence-corrected chi connectivity index (χ0v) is 19.0. The van der Waals surface area contributed by atoms with Crippen molar-refractivity contribution in [3.8, 4) is 16.9 Å². The van der Waals surface area contributed by atoms with E-state index in [-0.39, 0.29) is 23.0 Å². The van der Waals surface area contributed by atoms with Crippen molar-refractivity contribution >= 4 is 56.5 Å². The number of H-pyrrole nitrogens is 1. The van der Waals surface area contributed by atoms with Gasteiger partial charge in [0.05, 0.1) is 16.8 Å². The van der Waals surface area contributed by atoms with E-state index in [9.17, 15) is 14.7 Å². The lowest BCUT2D eigenvalue weighted by molar-refractivity contribution is -0.113. The molecule has 0 aliphatic rings. The van der Waals surface area contributed by atoms with E-state index < -0.39 is 0 Å². The van der Waals surface area contributed by atoms with Crippen LogP contribution in [-0.2, 0) is 4.79 Å². The van der Waals surface area contributed by atoms with Crippen LogP contribution in [0.25, 0.3) is 21.3 Å². The number of carbonyl (C=O) groups is 1. The molecule has 0 radical (unpaired) electrons. The van der Waals surface area contributed by atoms with Gasteiger partial charge < -0.3 is 15.4 Å². The fourth-order valence-electron chi connectivity index (χ4n) is 3.09. The van der Waals surface area contributed by atoms with E-state index >= 15 is 0 Å². The van der Waals surface area contributed by atoms with Gasteiger partial charge in [0, 0.05) is 16.0 Å². The van der Waals surface area contributed by atoms with Crippen LogP contribution in [0.15, 0.2) is 51.7 Å². The standard InChI is InChI=1S/C22H18ClN3O3S2/c1-11-3-6-17(27)16(7-11)24-18(28)10-31-22-25-20(29)19-14(9-30-21(19)26-22)13-4-5-15(23)12(2)8-13/h3-9,27H,10H2,1-2H3,(H,24,28)(H,25,26,29). The lowest BCUT2D eigenvalue weighted by atomic mass is 10.0. The van der Waals surface area contributed by atoms with Gasteiger partial charge in [-0.15, -0.1) is 11.3 Å². The topological polar surface area (TPSA) is 95.1 Å². The average molecular weight is 472 g/mol. The van der Waals surface area contributed by atoms with Crippen LogP contribution in [0.2, 0.25) is 5.02 Å². The van der Waals surface area contributed by atoms with Crippen LogP contribution < -0.4 is 10.9 Å². The summed E-state index contributed by atoms with van der Waals surface area (Å²) in [5.74, 6) is -0.270. The number of phenols is 1. The minimum atomic E-state index is -0.308. The predicted molar refractivity (Wildman–Crippen MR) is 128 cm³/mol. The fourth-order valence-corrected chi connectivity index (χ4v) is 4.88. The number of aromatic hydroxyl groups is 1. The number of thiophene rings is 1. The van der Waals surface area contributed by atoms with Crippen LogP contribution in [0.5, 0.6) is 5.75 Å². The van der Waals surface area contributed by atoms with E-state index in [1.54, 1.807) is 12.1 Å². The second-order valence-corrected chi connectivity index (χ2v) is 9.25. The van der Waals surface area contributed by atoms with Gasteiger partial charge in [-0.25, -0.2) is 4.98 Å². The van der Waals surface area contributed by atoms with Gasteiger partial charge >= 0.3 is 0 Å². The Labute approximate surface area is 191 Å². The minimum absolute atomic E-state index is 0.000419. The Hall–Kier alpha value is -2.81. The number of aromatic amines is 1. The smallest absolute Gasteiger partial charge is 0.260 e. The maximum atomic E-state index is 12.8. The number of amides is 1. The third-order valence-electron chi connectivity index (χ3n) is 4.66. The lowest BCUT2D eigenvalue weighted by Crippen LogP contribution is -2.15. The molecule has 0 unspecified atom stereocenters. The van der Waals surface area contributed by atoms with Gasteiger partial charge in [-0.2, -0.15) is 0 Å². The van der Waals surface area contributed by atoms with E-state index in [1.807, 2.05) is 37.4 Å². The molecule has 0 atom stereocenters. The molecule has 0 saturated carbocycles. The number of halogens is 1. The van der Waals surface area contributed by atoms with Crippen LogP contribution in [0.4, 0.5) is 5.69 Å². The van der Waals surface area contributed by atoms with Crippen LogP contribution in [0.3, 0.4) is 0 Å². The summed E-state index contributed by atoms with van der Waals surface area (Å²) in [6.07, 6.45) is 0. The molecular weight excluding hydrogens is 454 g/mol. The number of anilines is 1. The molecule has 3 N–H and O–H groups in total. The van der Waals surface area contributed by atoms with Crippen LogP contribution in [-0.4, -0.2) is 26.7 Å². The normalized spacial score (nSPS) is 11.1. The van der Waals surface area contributed by atoms with E-state index in [4.69, 9.17) is 11.6 Å². The molecule has 158 valence electrons. The Bertz CT molecular complexity index is 1360. The molecule has 2 aromatic heterocycles. The molecule has 0 bridgehead atoms. The van der Waals surface area contributed by atoms with Gasteiger partial charge in [-0.3, -0.25) is 9.59 Å². The van der Waals surface area contributed by atoms with Crippen molar-refractivity contribution in [3.63, 3.8) is 0 Å². The van der Waals surface area contributed by atoms with Crippen molar-refractivity contribution in [2.45, 2.75) is 19.0 Å². The number of aryl methyl sites for hydroxylation is 2. The highest BCUT2D eigenvalue weighted by molar-refractivity contribution is 7.99. The third-order valence-corrected chi connectivity index (χ3v) is 6.83. The summed E-state index contributed by atoms with van der Waals surface area (Å²) in [6.45, 7) is 3.79. The summed E-state index contributed by atoms with van der Waals surface area (Å²) in [4.78, 5) is 32.9. The van der Waals surface area contributed by atoms with Crippen molar-refractivity contribution in [2.75, 3.05) is 11.1 Å². The second-order valence-electron chi connectivity index (χ2n) is 7.02. The van der Waals surface area contributed by atoms with Gasteiger partial charge in [0.2, 0.25) is 5.91 Å². The van der Waals surface area contributed by atoms with Gasteiger partial charge in [-0.05, 0) is 54.8 Å². The van der Waals surface area contributed by atoms with Crippen molar-refractivity contribution < 1.29 is 9.90 Å². The van der Waals surface area contributed by atoms with Gasteiger partial charge in [-0.1, -0.05) is 35.5 Å². The molecule has 0 aliphatic carbocycles. The molecule has 0 spiro atoms. The highest BCUT2D eigenvalue weighted by Crippen LogP contribution is 2.33. The molecule has 1 amide bonds. The fraction of sp³-hybridized carbons (Fsp3) is 0.136. The van der Waals surface area contributed by atoms with Gasteiger partial charge in [0.25, 0.3) is 5.56 Å². The molecule has 4 aromatic rings. The van der Waals surface area contributed by atoms with Gasteiger partial charge in [0.15, 0.2) is 5.16 Å². The molecule has 4 rings (SSSR count). The molecular formula is C22H18ClN3O3S2. The Morgan fingerprint density at radius 3 is 2.84 bits per heavy atom. The Morgan fingerprint density at radius 2 is 2.06 bits per heavy atom. The second kappa shape index (κ2) is 8.74. The first kappa shape index (κ1) is 21.4. The molecule has 2 aromatic carbocycles. The van der Waals surface area contributed by atoms with E-state index in [2.05, 4.69) is 15.3 Å². The summed E-state index contributed by atoms with van der Waals surface area (Å²) >= 11 is 8.61. The summed E-state index contributed by atoms with van der Waals surface area (Å²) < 4.78 is 0. The van der Waals surface area contributed by atoms with Crippen molar-refractivity contribution in [2.24, 2.45) is 0 Å². The van der Waals surface area contributed by atoms with Crippen LogP contribution in [0.1, 0.15) is 11.1 Å². The molecule has 6 nitrogen and oxygen atoms in total. The number of phenolic OH excluding ortho intramolecular Hbond substituents is 1. The first-order valence-corrected chi connectivity index (χ1v) is 11.6. The number of hydrogen-bond donors (Lipinski definition) is 3. The van der Waals surface area contributed by atoms with Gasteiger partial charge in [0.1, 0.15) is 10.6 Å². The first-order chi connectivity index (χ1) is 14.8. The number of rotatable bonds is 5. The predicted octanol–water partition coefficient (Wildman–Crippen LogP) is 5.36. The van der Waals surface area contributed by atoms with Crippen LogP contribution in [0, 0.1) is 13.8 Å². The van der Waals surface area contributed by atoms with E-state index in [0.29, 0.717) is 26.1 Å². The summed E-state index contributed by atoms with van der Waals surface area (Å²) in [6, 6.07) is 10.6.